The van der Waals surface area contributed by atoms with Gasteiger partial charge in [-0.25, -0.2) is 0 Å². The molecular formula is C16H14Cl2N2O. The third-order valence-corrected chi connectivity index (χ3v) is 4.40. The van der Waals surface area contributed by atoms with E-state index in [1.165, 1.54) is 0 Å². The molecule has 1 aliphatic rings. The molecule has 3 nitrogen and oxygen atoms in total. The summed E-state index contributed by atoms with van der Waals surface area (Å²) in [4.78, 5) is 14.3. The molecule has 0 bridgehead atoms. The molecule has 1 heterocycles. The van der Waals surface area contributed by atoms with Crippen molar-refractivity contribution >= 4 is 34.8 Å². The maximum Gasteiger partial charge on any atom is 0.254 e. The molecule has 2 aromatic rings. The van der Waals surface area contributed by atoms with Gasteiger partial charge >= 0.3 is 0 Å². The zero-order valence-electron chi connectivity index (χ0n) is 11.3. The van der Waals surface area contributed by atoms with Gasteiger partial charge in [-0.3, -0.25) is 4.79 Å². The Balaban J connectivity index is 1.84. The van der Waals surface area contributed by atoms with Crippen LogP contribution in [0.2, 0.25) is 10.0 Å². The lowest BCUT2D eigenvalue weighted by molar-refractivity contribution is 0.0727. The number of anilines is 1. The van der Waals surface area contributed by atoms with Crippen LogP contribution in [0.25, 0.3) is 0 Å². The monoisotopic (exact) mass is 320 g/mol. The van der Waals surface area contributed by atoms with Crippen molar-refractivity contribution in [2.75, 3.05) is 12.3 Å². The summed E-state index contributed by atoms with van der Waals surface area (Å²) in [6.45, 7) is 1.21. The lowest BCUT2D eigenvalue weighted by Gasteiger charge is -2.29. The van der Waals surface area contributed by atoms with Crippen LogP contribution in [0, 0.1) is 0 Å². The highest BCUT2D eigenvalue weighted by Gasteiger charge is 2.24. The number of halogens is 2. The third-order valence-electron chi connectivity index (χ3n) is 3.66. The Bertz CT molecular complexity index is 715. The molecule has 0 aliphatic carbocycles. The summed E-state index contributed by atoms with van der Waals surface area (Å²) < 4.78 is 0. The molecule has 0 spiro atoms. The average Bonchev–Trinajstić information content (AvgIpc) is 2.46. The van der Waals surface area contributed by atoms with Crippen molar-refractivity contribution in [3.05, 3.63) is 63.1 Å². The number of nitrogens with two attached hydrogens (primary N) is 1. The second-order valence-electron chi connectivity index (χ2n) is 5.14. The van der Waals surface area contributed by atoms with Crippen LogP contribution < -0.4 is 5.73 Å². The van der Waals surface area contributed by atoms with Crippen molar-refractivity contribution in [1.82, 2.24) is 4.90 Å². The Morgan fingerprint density at radius 3 is 2.67 bits per heavy atom. The molecule has 21 heavy (non-hydrogen) atoms. The minimum Gasteiger partial charge on any atom is -0.399 e. The summed E-state index contributed by atoms with van der Waals surface area (Å²) in [7, 11) is 0. The number of hydrogen-bond acceptors (Lipinski definition) is 2. The van der Waals surface area contributed by atoms with Gasteiger partial charge in [0.25, 0.3) is 5.91 Å². The second-order valence-corrected chi connectivity index (χ2v) is 5.96. The van der Waals surface area contributed by atoms with Crippen LogP contribution in [0.4, 0.5) is 5.69 Å². The van der Waals surface area contributed by atoms with Gasteiger partial charge in [-0.05, 0) is 41.8 Å². The quantitative estimate of drug-likeness (QED) is 0.856. The van der Waals surface area contributed by atoms with E-state index in [1.54, 1.807) is 23.1 Å². The van der Waals surface area contributed by atoms with Crippen LogP contribution in [0.1, 0.15) is 21.5 Å². The first-order chi connectivity index (χ1) is 10.0. The van der Waals surface area contributed by atoms with E-state index in [2.05, 4.69) is 0 Å². The summed E-state index contributed by atoms with van der Waals surface area (Å²) in [5.41, 5.74) is 9.10. The zero-order valence-corrected chi connectivity index (χ0v) is 12.8. The van der Waals surface area contributed by atoms with Crippen LogP contribution in [0.3, 0.4) is 0 Å². The molecule has 0 radical (unpaired) electrons. The molecule has 0 atom stereocenters. The molecule has 0 saturated heterocycles. The Morgan fingerprint density at radius 2 is 1.90 bits per heavy atom. The van der Waals surface area contributed by atoms with E-state index in [9.17, 15) is 4.79 Å². The summed E-state index contributed by atoms with van der Waals surface area (Å²) in [6, 6.07) is 10.9. The first kappa shape index (κ1) is 14.2. The number of carbonyl (C=O) groups excluding carboxylic acids is 1. The summed E-state index contributed by atoms with van der Waals surface area (Å²) in [6.07, 6.45) is 0.836. The lowest BCUT2D eigenvalue weighted by atomic mass is 9.98. The van der Waals surface area contributed by atoms with Crippen LogP contribution in [0.15, 0.2) is 36.4 Å². The van der Waals surface area contributed by atoms with Crippen molar-refractivity contribution in [3.8, 4) is 0 Å². The summed E-state index contributed by atoms with van der Waals surface area (Å²) in [5.74, 6) is 0.00891. The summed E-state index contributed by atoms with van der Waals surface area (Å²) in [5, 5.41) is 1.02. The van der Waals surface area contributed by atoms with Crippen LogP contribution >= 0.6 is 23.2 Å². The van der Waals surface area contributed by atoms with E-state index in [0.29, 0.717) is 34.4 Å². The highest BCUT2D eigenvalue weighted by molar-refractivity contribution is 6.42. The molecule has 3 rings (SSSR count). The maximum atomic E-state index is 12.5. The molecule has 108 valence electrons. The van der Waals surface area contributed by atoms with Crippen LogP contribution in [-0.4, -0.2) is 17.4 Å². The van der Waals surface area contributed by atoms with Crippen molar-refractivity contribution in [2.45, 2.75) is 13.0 Å². The first-order valence-electron chi connectivity index (χ1n) is 6.66. The number of carbonyl (C=O) groups is 1. The fraction of sp³-hybridized carbons (Fsp3) is 0.188. The molecule has 0 fully saturated rings. The molecule has 0 unspecified atom stereocenters. The molecule has 1 amide bonds. The molecule has 2 aromatic carbocycles. The molecular weight excluding hydrogens is 307 g/mol. The number of hydrogen-bond donors (Lipinski definition) is 1. The van der Waals surface area contributed by atoms with E-state index < -0.39 is 0 Å². The first-order valence-corrected chi connectivity index (χ1v) is 7.42. The molecule has 0 aromatic heterocycles. The van der Waals surface area contributed by atoms with Gasteiger partial charge in [-0.1, -0.05) is 35.3 Å². The SMILES string of the molecule is Nc1ccc2c(c1)C(=O)N(Cc1ccc(Cl)c(Cl)c1)CC2. The largest absolute Gasteiger partial charge is 0.399 e. The number of amides is 1. The smallest absolute Gasteiger partial charge is 0.254 e. The number of nitrogen functional groups attached to an aromatic ring is 1. The number of rotatable bonds is 2. The standard InChI is InChI=1S/C16H14Cl2N2O/c17-14-4-1-10(7-15(14)18)9-20-6-5-11-2-3-12(19)8-13(11)16(20)21/h1-4,7-8H,5-6,9,19H2. The van der Waals surface area contributed by atoms with E-state index in [1.807, 2.05) is 18.2 Å². The fourth-order valence-corrected chi connectivity index (χ4v) is 2.87. The second kappa shape index (κ2) is 5.58. The van der Waals surface area contributed by atoms with E-state index in [4.69, 9.17) is 28.9 Å². The van der Waals surface area contributed by atoms with Gasteiger partial charge < -0.3 is 10.6 Å². The molecule has 2 N–H and O–H groups in total. The maximum absolute atomic E-state index is 12.5. The lowest BCUT2D eigenvalue weighted by Crippen LogP contribution is -2.37. The van der Waals surface area contributed by atoms with Gasteiger partial charge in [0, 0.05) is 24.3 Å². The van der Waals surface area contributed by atoms with Gasteiger partial charge in [-0.15, -0.1) is 0 Å². The van der Waals surface area contributed by atoms with Crippen LogP contribution in [0.5, 0.6) is 0 Å². The van der Waals surface area contributed by atoms with Crippen LogP contribution in [-0.2, 0) is 13.0 Å². The number of fused-ring (bicyclic) bond motifs is 1. The van der Waals surface area contributed by atoms with E-state index >= 15 is 0 Å². The predicted octanol–water partition coefficient (Wildman–Crippen LogP) is 3.77. The van der Waals surface area contributed by atoms with E-state index in [0.717, 1.165) is 17.5 Å². The third kappa shape index (κ3) is 2.85. The Labute approximate surface area is 133 Å². The van der Waals surface area contributed by atoms with Gasteiger partial charge in [0.05, 0.1) is 10.0 Å². The Morgan fingerprint density at radius 1 is 1.10 bits per heavy atom. The van der Waals surface area contributed by atoms with Crippen molar-refractivity contribution in [3.63, 3.8) is 0 Å². The van der Waals surface area contributed by atoms with Gasteiger partial charge in [0.1, 0.15) is 0 Å². The number of benzene rings is 2. The van der Waals surface area contributed by atoms with E-state index in [-0.39, 0.29) is 5.91 Å². The topological polar surface area (TPSA) is 46.3 Å². The predicted molar refractivity (Wildman–Crippen MR) is 85.8 cm³/mol. The number of nitrogens with zero attached hydrogens (tertiary/aromatic N) is 1. The zero-order chi connectivity index (χ0) is 15.0. The Hall–Kier alpha value is -1.71. The van der Waals surface area contributed by atoms with Crippen molar-refractivity contribution < 1.29 is 4.79 Å². The van der Waals surface area contributed by atoms with Gasteiger partial charge in [-0.2, -0.15) is 0 Å². The summed E-state index contributed by atoms with van der Waals surface area (Å²) >= 11 is 11.9. The minimum absolute atomic E-state index is 0.00891. The highest BCUT2D eigenvalue weighted by Crippen LogP contribution is 2.26. The average molecular weight is 321 g/mol. The normalized spacial score (nSPS) is 14.2. The molecule has 5 heteroatoms. The molecule has 0 saturated carbocycles. The van der Waals surface area contributed by atoms with Crippen molar-refractivity contribution in [2.24, 2.45) is 0 Å². The van der Waals surface area contributed by atoms with Gasteiger partial charge in [0.15, 0.2) is 0 Å². The van der Waals surface area contributed by atoms with Gasteiger partial charge in [0.2, 0.25) is 0 Å². The van der Waals surface area contributed by atoms with Crippen molar-refractivity contribution in [1.29, 1.82) is 0 Å². The highest BCUT2D eigenvalue weighted by atomic mass is 35.5. The Kier molecular flexibility index (Phi) is 3.79. The molecule has 1 aliphatic heterocycles. The minimum atomic E-state index is 0.00891. The fourth-order valence-electron chi connectivity index (χ4n) is 2.55.